The number of carbonyl (C=O) groups is 1. The molecule has 0 aliphatic heterocycles. The van der Waals surface area contributed by atoms with E-state index >= 15 is 0 Å². The molecule has 0 fully saturated rings. The van der Waals surface area contributed by atoms with Crippen molar-refractivity contribution in [2.75, 3.05) is 7.11 Å². The highest BCUT2D eigenvalue weighted by molar-refractivity contribution is 5.94. The van der Waals surface area contributed by atoms with Gasteiger partial charge in [-0.1, -0.05) is 25.5 Å². The largest absolute Gasteiger partial charge is 0.496 e. The summed E-state index contributed by atoms with van der Waals surface area (Å²) in [6, 6.07) is 11.0. The summed E-state index contributed by atoms with van der Waals surface area (Å²) in [4.78, 5) is 24.2. The molecular weight excluding hydrogens is 278 g/mol. The highest BCUT2D eigenvalue weighted by Gasteiger charge is 2.15. The topological polar surface area (TPSA) is 48.3 Å². The lowest BCUT2D eigenvalue weighted by molar-refractivity contribution is 0.101. The first-order valence-corrected chi connectivity index (χ1v) is 7.48. The Hall–Kier alpha value is -2.36. The van der Waals surface area contributed by atoms with Crippen molar-refractivity contribution >= 4 is 5.78 Å². The number of pyridine rings is 1. The number of methoxy groups -OCH3 is 1. The summed E-state index contributed by atoms with van der Waals surface area (Å²) in [5.41, 5.74) is 1.63. The van der Waals surface area contributed by atoms with E-state index in [4.69, 9.17) is 4.74 Å². The fourth-order valence-electron chi connectivity index (χ4n) is 2.48. The Kier molecular flexibility index (Phi) is 5.15. The third-order valence-corrected chi connectivity index (χ3v) is 3.67. The Morgan fingerprint density at radius 2 is 1.91 bits per heavy atom. The summed E-state index contributed by atoms with van der Waals surface area (Å²) in [7, 11) is 1.61. The minimum absolute atomic E-state index is 0.207. The maximum Gasteiger partial charge on any atom is 0.261 e. The summed E-state index contributed by atoms with van der Waals surface area (Å²) < 4.78 is 7.07. The molecule has 22 heavy (non-hydrogen) atoms. The van der Waals surface area contributed by atoms with Gasteiger partial charge >= 0.3 is 0 Å². The highest BCUT2D eigenvalue weighted by Crippen LogP contribution is 2.29. The van der Waals surface area contributed by atoms with Crippen molar-refractivity contribution < 1.29 is 9.53 Å². The highest BCUT2D eigenvalue weighted by atomic mass is 16.5. The number of ketones is 1. The molecule has 0 saturated heterocycles. The average molecular weight is 299 g/mol. The smallest absolute Gasteiger partial charge is 0.261 e. The molecule has 4 heteroatoms. The lowest BCUT2D eigenvalue weighted by atomic mass is 10.1. The van der Waals surface area contributed by atoms with Crippen molar-refractivity contribution in [3.63, 3.8) is 0 Å². The van der Waals surface area contributed by atoms with Gasteiger partial charge in [-0.2, -0.15) is 0 Å². The average Bonchev–Trinajstić information content (AvgIpc) is 2.53. The van der Waals surface area contributed by atoms with Gasteiger partial charge in [0, 0.05) is 12.1 Å². The van der Waals surface area contributed by atoms with E-state index in [1.165, 1.54) is 6.92 Å². The van der Waals surface area contributed by atoms with E-state index in [1.54, 1.807) is 17.7 Å². The molecule has 0 radical (unpaired) electrons. The van der Waals surface area contributed by atoms with Crippen LogP contribution in [0.25, 0.3) is 11.3 Å². The SMILES string of the molecule is CCCCn1c(-c2ccccc2OC)ccc(C(C)=O)c1=O. The Morgan fingerprint density at radius 3 is 2.55 bits per heavy atom. The van der Waals surface area contributed by atoms with Crippen LogP contribution in [0, 0.1) is 0 Å². The first-order valence-electron chi connectivity index (χ1n) is 7.48. The summed E-state index contributed by atoms with van der Waals surface area (Å²) in [6.45, 7) is 4.08. The molecule has 4 nitrogen and oxygen atoms in total. The Morgan fingerprint density at radius 1 is 1.18 bits per heavy atom. The van der Waals surface area contributed by atoms with E-state index in [-0.39, 0.29) is 16.9 Å². The maximum absolute atomic E-state index is 12.6. The maximum atomic E-state index is 12.6. The molecule has 0 aliphatic rings. The second-order valence-electron chi connectivity index (χ2n) is 5.20. The molecule has 0 atom stereocenters. The number of unbranched alkanes of at least 4 members (excludes halogenated alkanes) is 1. The van der Waals surface area contributed by atoms with Gasteiger partial charge in [0.1, 0.15) is 5.75 Å². The van der Waals surface area contributed by atoms with Crippen molar-refractivity contribution in [1.29, 1.82) is 0 Å². The Balaban J connectivity index is 2.67. The van der Waals surface area contributed by atoms with E-state index in [1.807, 2.05) is 30.3 Å². The summed E-state index contributed by atoms with van der Waals surface area (Å²) in [6.07, 6.45) is 1.85. The van der Waals surface area contributed by atoms with Crippen LogP contribution in [0.5, 0.6) is 5.75 Å². The van der Waals surface area contributed by atoms with Crippen molar-refractivity contribution in [1.82, 2.24) is 4.57 Å². The van der Waals surface area contributed by atoms with Gasteiger partial charge in [0.25, 0.3) is 5.56 Å². The normalized spacial score (nSPS) is 10.5. The Bertz CT molecular complexity index is 731. The first kappa shape index (κ1) is 16.0. The number of para-hydroxylation sites is 1. The van der Waals surface area contributed by atoms with Crippen molar-refractivity contribution in [2.45, 2.75) is 33.2 Å². The molecule has 1 heterocycles. The number of benzene rings is 1. The van der Waals surface area contributed by atoms with Crippen LogP contribution in [0.1, 0.15) is 37.0 Å². The molecule has 116 valence electrons. The van der Waals surface area contributed by atoms with Crippen LogP contribution in [0.2, 0.25) is 0 Å². The number of aromatic nitrogens is 1. The monoisotopic (exact) mass is 299 g/mol. The number of carbonyl (C=O) groups excluding carboxylic acids is 1. The molecule has 0 N–H and O–H groups in total. The van der Waals surface area contributed by atoms with Crippen LogP contribution in [0.4, 0.5) is 0 Å². The molecule has 2 rings (SSSR count). The van der Waals surface area contributed by atoms with E-state index in [0.717, 1.165) is 24.1 Å². The van der Waals surface area contributed by atoms with E-state index in [9.17, 15) is 9.59 Å². The zero-order valence-corrected chi connectivity index (χ0v) is 13.3. The van der Waals surface area contributed by atoms with Crippen LogP contribution in [-0.4, -0.2) is 17.5 Å². The summed E-state index contributed by atoms with van der Waals surface area (Å²) >= 11 is 0. The van der Waals surface area contributed by atoms with Crippen LogP contribution in [-0.2, 0) is 6.54 Å². The van der Waals surface area contributed by atoms with Crippen molar-refractivity contribution in [2.24, 2.45) is 0 Å². The fraction of sp³-hybridized carbons (Fsp3) is 0.333. The van der Waals surface area contributed by atoms with Gasteiger partial charge in [-0.25, -0.2) is 0 Å². The molecule has 0 aliphatic carbocycles. The molecule has 2 aromatic rings. The van der Waals surface area contributed by atoms with Gasteiger partial charge in [-0.05, 0) is 37.6 Å². The molecule has 0 bridgehead atoms. The van der Waals surface area contributed by atoms with E-state index in [0.29, 0.717) is 12.3 Å². The van der Waals surface area contributed by atoms with Crippen LogP contribution in [0.3, 0.4) is 0 Å². The van der Waals surface area contributed by atoms with Crippen LogP contribution in [0.15, 0.2) is 41.2 Å². The van der Waals surface area contributed by atoms with E-state index < -0.39 is 0 Å². The molecular formula is C18H21NO3. The Labute approximate surface area is 130 Å². The predicted octanol–water partition coefficient (Wildman–Crippen LogP) is 3.53. The summed E-state index contributed by atoms with van der Waals surface area (Å²) in [5, 5.41) is 0. The number of hydrogen-bond acceptors (Lipinski definition) is 3. The van der Waals surface area contributed by atoms with Gasteiger partial charge in [-0.15, -0.1) is 0 Å². The standard InChI is InChI=1S/C18H21NO3/c1-4-5-12-19-16(11-10-14(13(2)20)18(19)21)15-8-6-7-9-17(15)22-3/h6-11H,4-5,12H2,1-3H3. The van der Waals surface area contributed by atoms with Crippen LogP contribution >= 0.6 is 0 Å². The zero-order chi connectivity index (χ0) is 16.1. The predicted molar refractivity (Wildman–Crippen MR) is 87.6 cm³/mol. The second kappa shape index (κ2) is 7.07. The second-order valence-corrected chi connectivity index (χ2v) is 5.20. The lowest BCUT2D eigenvalue weighted by Crippen LogP contribution is -2.27. The van der Waals surface area contributed by atoms with Crippen molar-refractivity contribution in [3.8, 4) is 17.0 Å². The molecule has 0 amide bonds. The molecule has 0 unspecified atom stereocenters. The fourth-order valence-corrected chi connectivity index (χ4v) is 2.48. The van der Waals surface area contributed by atoms with Gasteiger partial charge < -0.3 is 9.30 Å². The third kappa shape index (κ3) is 3.11. The van der Waals surface area contributed by atoms with Gasteiger partial charge in [0.15, 0.2) is 5.78 Å². The van der Waals surface area contributed by atoms with Gasteiger partial charge in [0.05, 0.1) is 18.4 Å². The van der Waals surface area contributed by atoms with Crippen molar-refractivity contribution in [3.05, 3.63) is 52.3 Å². The van der Waals surface area contributed by atoms with Gasteiger partial charge in [0.2, 0.25) is 0 Å². The number of ether oxygens (including phenoxy) is 1. The van der Waals surface area contributed by atoms with E-state index in [2.05, 4.69) is 6.92 Å². The minimum atomic E-state index is -0.232. The number of rotatable bonds is 6. The first-order chi connectivity index (χ1) is 10.6. The minimum Gasteiger partial charge on any atom is -0.496 e. The van der Waals surface area contributed by atoms with Gasteiger partial charge in [-0.3, -0.25) is 9.59 Å². The molecule has 1 aromatic carbocycles. The molecule has 1 aromatic heterocycles. The number of nitrogens with zero attached hydrogens (tertiary/aromatic N) is 1. The lowest BCUT2D eigenvalue weighted by Gasteiger charge is -2.16. The van der Waals surface area contributed by atoms with Crippen LogP contribution < -0.4 is 10.3 Å². The molecule has 0 spiro atoms. The number of hydrogen-bond donors (Lipinski definition) is 0. The number of Topliss-reactive ketones (excluding diaryl/α,β-unsaturated/α-hetero) is 1. The summed E-state index contributed by atoms with van der Waals surface area (Å²) in [5.74, 6) is 0.504. The molecule has 0 saturated carbocycles. The third-order valence-electron chi connectivity index (χ3n) is 3.67. The zero-order valence-electron chi connectivity index (χ0n) is 13.3. The quantitative estimate of drug-likeness (QED) is 0.767.